The number of rotatable bonds is 4. The lowest BCUT2D eigenvalue weighted by Gasteiger charge is -1.97. The molecule has 2 aromatic rings. The van der Waals surface area contributed by atoms with Crippen molar-refractivity contribution in [1.82, 2.24) is 19.6 Å². The highest BCUT2D eigenvalue weighted by Gasteiger charge is 2.29. The van der Waals surface area contributed by atoms with Gasteiger partial charge in [0.05, 0.1) is 22.7 Å². The zero-order valence-corrected chi connectivity index (χ0v) is 11.5. The molecule has 0 aromatic carbocycles. The highest BCUT2D eigenvalue weighted by atomic mass is 32.2. The Morgan fingerprint density at radius 1 is 1.45 bits per heavy atom. The summed E-state index contributed by atoms with van der Waals surface area (Å²) in [5, 5.41) is 23.5. The van der Waals surface area contributed by atoms with Gasteiger partial charge in [0.2, 0.25) is 14.9 Å². The van der Waals surface area contributed by atoms with Gasteiger partial charge in [-0.2, -0.15) is 9.78 Å². The van der Waals surface area contributed by atoms with Gasteiger partial charge in [-0.3, -0.25) is 4.68 Å². The summed E-state index contributed by atoms with van der Waals surface area (Å²) in [4.78, 5) is 9.30. The first-order chi connectivity index (χ1) is 9.18. The van der Waals surface area contributed by atoms with Gasteiger partial charge in [-0.15, -0.1) is 0 Å². The number of aromatic nitrogens is 4. The number of nitrogens with zero attached hydrogens (tertiary/aromatic N) is 5. The second-order valence-electron chi connectivity index (χ2n) is 4.22. The predicted octanol–water partition coefficient (Wildman–Crippen LogP) is -0.471. The molecular formula is C9H12N6O4S. The van der Waals surface area contributed by atoms with E-state index in [0.717, 1.165) is 22.3 Å². The molecule has 0 aliphatic rings. The maximum absolute atomic E-state index is 11.3. The van der Waals surface area contributed by atoms with Crippen LogP contribution in [0.15, 0.2) is 17.2 Å². The third kappa shape index (κ3) is 2.67. The van der Waals surface area contributed by atoms with Crippen molar-refractivity contribution >= 4 is 15.8 Å². The number of primary sulfonamides is 1. The van der Waals surface area contributed by atoms with E-state index in [9.17, 15) is 18.5 Å². The van der Waals surface area contributed by atoms with Gasteiger partial charge in [0, 0.05) is 7.05 Å². The van der Waals surface area contributed by atoms with E-state index in [1.54, 1.807) is 24.7 Å². The maximum atomic E-state index is 11.3. The zero-order valence-electron chi connectivity index (χ0n) is 10.7. The molecular weight excluding hydrogens is 288 g/mol. The van der Waals surface area contributed by atoms with E-state index in [2.05, 4.69) is 10.2 Å². The molecule has 2 N–H and O–H groups in total. The predicted molar refractivity (Wildman–Crippen MR) is 67.3 cm³/mol. The van der Waals surface area contributed by atoms with E-state index in [1.165, 1.54) is 0 Å². The summed E-state index contributed by atoms with van der Waals surface area (Å²) in [6.45, 7) is 1.94. The number of nitro groups is 1. The number of hydrogen-bond acceptors (Lipinski definition) is 6. The molecule has 0 aliphatic heterocycles. The van der Waals surface area contributed by atoms with Gasteiger partial charge in [0.25, 0.3) is 0 Å². The Labute approximate surface area is 114 Å². The van der Waals surface area contributed by atoms with Gasteiger partial charge >= 0.3 is 5.82 Å². The normalized spacial score (nSPS) is 11.8. The van der Waals surface area contributed by atoms with Gasteiger partial charge in [-0.25, -0.2) is 13.6 Å². The van der Waals surface area contributed by atoms with Crippen LogP contribution >= 0.6 is 0 Å². The van der Waals surface area contributed by atoms with Crippen molar-refractivity contribution in [3.63, 3.8) is 0 Å². The first-order valence-electron chi connectivity index (χ1n) is 5.42. The van der Waals surface area contributed by atoms with Crippen LogP contribution in [0.3, 0.4) is 0 Å². The summed E-state index contributed by atoms with van der Waals surface area (Å²) >= 11 is 0. The Hall–Kier alpha value is -2.27. The minimum atomic E-state index is -4.20. The van der Waals surface area contributed by atoms with Crippen molar-refractivity contribution in [3.8, 4) is 0 Å². The van der Waals surface area contributed by atoms with Crippen LogP contribution in [0.25, 0.3) is 0 Å². The summed E-state index contributed by atoms with van der Waals surface area (Å²) in [7, 11) is -2.49. The summed E-state index contributed by atoms with van der Waals surface area (Å²) in [5.41, 5.74) is 1.50. The van der Waals surface area contributed by atoms with Gasteiger partial charge in [0.15, 0.2) is 0 Å². The van der Waals surface area contributed by atoms with Gasteiger partial charge in [-0.1, -0.05) is 0 Å². The van der Waals surface area contributed by atoms with Crippen LogP contribution in [0.4, 0.5) is 5.82 Å². The molecule has 2 aromatic heterocycles. The van der Waals surface area contributed by atoms with Crippen molar-refractivity contribution in [2.45, 2.75) is 18.4 Å². The molecule has 0 aliphatic carbocycles. The molecule has 11 heteroatoms. The maximum Gasteiger partial charge on any atom is 0.410 e. The summed E-state index contributed by atoms with van der Waals surface area (Å²) in [6, 6.07) is 1.77. The SMILES string of the molecule is Cc1cc(Cn2cc(S(N)(=O)=O)c([N+](=O)[O-])n2)n(C)n1. The van der Waals surface area contributed by atoms with Gasteiger partial charge in [0.1, 0.15) is 6.54 Å². The molecule has 2 rings (SSSR count). The second-order valence-corrected chi connectivity index (χ2v) is 5.75. The second kappa shape index (κ2) is 4.68. The zero-order chi connectivity index (χ0) is 15.1. The van der Waals surface area contributed by atoms with Crippen LogP contribution in [0.5, 0.6) is 0 Å². The van der Waals surface area contributed by atoms with E-state index >= 15 is 0 Å². The molecule has 0 bridgehead atoms. The quantitative estimate of drug-likeness (QED) is 0.598. The lowest BCUT2D eigenvalue weighted by atomic mass is 10.4. The summed E-state index contributed by atoms with van der Waals surface area (Å²) in [5.74, 6) is -0.786. The van der Waals surface area contributed by atoms with Crippen molar-refractivity contribution in [3.05, 3.63) is 33.8 Å². The molecule has 0 fully saturated rings. The molecule has 0 unspecified atom stereocenters. The van der Waals surface area contributed by atoms with Crippen LogP contribution < -0.4 is 5.14 Å². The highest BCUT2D eigenvalue weighted by molar-refractivity contribution is 7.89. The van der Waals surface area contributed by atoms with Gasteiger partial charge in [-0.05, 0) is 17.9 Å². The largest absolute Gasteiger partial charge is 0.410 e. The number of hydrogen-bond donors (Lipinski definition) is 1. The van der Waals surface area contributed by atoms with Crippen LogP contribution in [0, 0.1) is 17.0 Å². The van der Waals surface area contributed by atoms with Gasteiger partial charge < -0.3 is 10.1 Å². The average Bonchev–Trinajstić information content (AvgIpc) is 2.83. The Balaban J connectivity index is 2.44. The fourth-order valence-electron chi connectivity index (χ4n) is 1.78. The third-order valence-corrected chi connectivity index (χ3v) is 3.51. The molecule has 10 nitrogen and oxygen atoms in total. The Kier molecular flexibility index (Phi) is 3.31. The van der Waals surface area contributed by atoms with Crippen molar-refractivity contribution < 1.29 is 13.3 Å². The molecule has 0 atom stereocenters. The lowest BCUT2D eigenvalue weighted by molar-refractivity contribution is -0.392. The van der Waals surface area contributed by atoms with E-state index < -0.39 is 25.7 Å². The summed E-state index contributed by atoms with van der Waals surface area (Å²) < 4.78 is 25.3. The molecule has 0 spiro atoms. The molecule has 0 saturated carbocycles. The van der Waals surface area contributed by atoms with E-state index in [-0.39, 0.29) is 6.54 Å². The minimum Gasteiger partial charge on any atom is -0.358 e. The molecule has 20 heavy (non-hydrogen) atoms. The third-order valence-electron chi connectivity index (χ3n) is 2.61. The van der Waals surface area contributed by atoms with E-state index in [1.807, 2.05) is 0 Å². The van der Waals surface area contributed by atoms with Crippen LogP contribution in [0.2, 0.25) is 0 Å². The van der Waals surface area contributed by atoms with Crippen molar-refractivity contribution in [1.29, 1.82) is 0 Å². The minimum absolute atomic E-state index is 0.147. The monoisotopic (exact) mass is 300 g/mol. The topological polar surface area (TPSA) is 139 Å². The van der Waals surface area contributed by atoms with Crippen molar-refractivity contribution in [2.24, 2.45) is 12.2 Å². The Bertz CT molecular complexity index is 774. The molecule has 0 saturated heterocycles. The summed E-state index contributed by atoms with van der Waals surface area (Å²) in [6.07, 6.45) is 1.04. The van der Waals surface area contributed by atoms with Crippen LogP contribution in [0.1, 0.15) is 11.4 Å². The lowest BCUT2D eigenvalue weighted by Crippen LogP contribution is -2.13. The van der Waals surface area contributed by atoms with Crippen molar-refractivity contribution in [2.75, 3.05) is 0 Å². The number of aryl methyl sites for hydroxylation is 2. The smallest absolute Gasteiger partial charge is 0.358 e. The molecule has 2 heterocycles. The molecule has 0 radical (unpaired) electrons. The molecule has 108 valence electrons. The fourth-order valence-corrected chi connectivity index (χ4v) is 2.42. The standard InChI is InChI=1S/C9H12N6O4S/c1-6-3-7(13(2)11-6)4-14-5-8(20(10,18)19)9(12-14)15(16)17/h3,5H,4H2,1-2H3,(H2,10,18,19). The average molecular weight is 300 g/mol. The van der Waals surface area contributed by atoms with E-state index in [4.69, 9.17) is 5.14 Å². The highest BCUT2D eigenvalue weighted by Crippen LogP contribution is 2.20. The number of sulfonamides is 1. The van der Waals surface area contributed by atoms with E-state index in [0.29, 0.717) is 0 Å². The number of nitrogens with two attached hydrogens (primary N) is 1. The Morgan fingerprint density at radius 2 is 2.10 bits per heavy atom. The Morgan fingerprint density at radius 3 is 2.50 bits per heavy atom. The first kappa shape index (κ1) is 14.1. The van der Waals surface area contributed by atoms with Crippen LogP contribution in [-0.4, -0.2) is 32.9 Å². The van der Waals surface area contributed by atoms with Crippen LogP contribution in [-0.2, 0) is 23.6 Å². The molecule has 0 amide bonds. The first-order valence-corrected chi connectivity index (χ1v) is 6.97. The fraction of sp³-hybridized carbons (Fsp3) is 0.333.